The molecule has 6 nitrogen and oxygen atoms in total. The molecular weight excluding hydrogens is 292 g/mol. The number of nitrogens with zero attached hydrogens (tertiary/aromatic N) is 4. The highest BCUT2D eigenvalue weighted by Crippen LogP contribution is 2.31. The van der Waals surface area contributed by atoms with Crippen LogP contribution in [0.5, 0.6) is 0 Å². The monoisotopic (exact) mass is 314 g/mol. The topological polar surface area (TPSA) is 64.2 Å². The van der Waals surface area contributed by atoms with Gasteiger partial charge in [0.25, 0.3) is 5.69 Å². The maximum atomic E-state index is 11.2. The summed E-state index contributed by atoms with van der Waals surface area (Å²) in [7, 11) is 0. The van der Waals surface area contributed by atoms with E-state index in [0.29, 0.717) is 18.6 Å². The molecule has 0 spiro atoms. The van der Waals surface area contributed by atoms with Crippen LogP contribution in [0.15, 0.2) is 36.5 Å². The third-order valence-corrected chi connectivity index (χ3v) is 4.18. The van der Waals surface area contributed by atoms with Crippen molar-refractivity contribution in [3.63, 3.8) is 0 Å². The highest BCUT2D eigenvalue weighted by atomic mass is 16.6. The van der Waals surface area contributed by atoms with E-state index in [4.69, 9.17) is 0 Å². The standard InChI is InChI=1S/C17H22N4O2/c1-13(2)20-10-9-15(18-20)12-19(16-7-8-16)11-14-5-3-4-6-17(14)21(22)23/h3-6,9-10,13,16H,7-8,11-12H2,1-2H3. The zero-order valence-corrected chi connectivity index (χ0v) is 13.6. The van der Waals surface area contributed by atoms with E-state index in [1.54, 1.807) is 12.1 Å². The molecule has 1 aromatic carbocycles. The molecular formula is C17H22N4O2. The van der Waals surface area contributed by atoms with Crippen molar-refractivity contribution >= 4 is 5.69 Å². The Morgan fingerprint density at radius 1 is 1.30 bits per heavy atom. The van der Waals surface area contributed by atoms with Crippen LogP contribution in [0, 0.1) is 10.1 Å². The van der Waals surface area contributed by atoms with Crippen LogP contribution in [0.1, 0.15) is 44.0 Å². The Bertz CT molecular complexity index is 691. The molecule has 1 aliphatic rings. The van der Waals surface area contributed by atoms with Crippen LogP contribution < -0.4 is 0 Å². The molecule has 6 heteroatoms. The number of nitro groups is 1. The van der Waals surface area contributed by atoms with Crippen molar-refractivity contribution < 1.29 is 4.92 Å². The van der Waals surface area contributed by atoms with Gasteiger partial charge < -0.3 is 0 Å². The van der Waals surface area contributed by atoms with Gasteiger partial charge in [-0.05, 0) is 32.8 Å². The number of aromatic nitrogens is 2. The Morgan fingerprint density at radius 2 is 2.04 bits per heavy atom. The number of rotatable bonds is 7. The van der Waals surface area contributed by atoms with Crippen molar-refractivity contribution in [1.82, 2.24) is 14.7 Å². The summed E-state index contributed by atoms with van der Waals surface area (Å²) in [5, 5.41) is 15.8. The highest BCUT2D eigenvalue weighted by molar-refractivity contribution is 5.39. The predicted molar refractivity (Wildman–Crippen MR) is 88.0 cm³/mol. The smallest absolute Gasteiger partial charge is 0.273 e. The molecule has 1 saturated carbocycles. The molecule has 1 aliphatic carbocycles. The summed E-state index contributed by atoms with van der Waals surface area (Å²) >= 11 is 0. The molecule has 0 N–H and O–H groups in total. The molecule has 2 aromatic rings. The second-order valence-electron chi connectivity index (χ2n) is 6.40. The number of para-hydroxylation sites is 1. The van der Waals surface area contributed by atoms with E-state index in [1.165, 1.54) is 0 Å². The van der Waals surface area contributed by atoms with Crippen molar-refractivity contribution in [2.24, 2.45) is 0 Å². The predicted octanol–water partition coefficient (Wildman–Crippen LogP) is 3.54. The van der Waals surface area contributed by atoms with Gasteiger partial charge in [0.2, 0.25) is 0 Å². The van der Waals surface area contributed by atoms with Crippen molar-refractivity contribution in [1.29, 1.82) is 0 Å². The second-order valence-corrected chi connectivity index (χ2v) is 6.40. The van der Waals surface area contributed by atoms with E-state index in [1.807, 2.05) is 29.1 Å². The lowest BCUT2D eigenvalue weighted by Gasteiger charge is -2.21. The maximum absolute atomic E-state index is 11.2. The van der Waals surface area contributed by atoms with Gasteiger partial charge in [0, 0.05) is 43.0 Å². The Morgan fingerprint density at radius 3 is 2.65 bits per heavy atom. The summed E-state index contributed by atoms with van der Waals surface area (Å²) < 4.78 is 1.95. The van der Waals surface area contributed by atoms with Crippen LogP contribution >= 0.6 is 0 Å². The van der Waals surface area contributed by atoms with Gasteiger partial charge in [0.05, 0.1) is 10.6 Å². The lowest BCUT2D eigenvalue weighted by atomic mass is 10.1. The van der Waals surface area contributed by atoms with Gasteiger partial charge in [-0.15, -0.1) is 0 Å². The molecule has 0 radical (unpaired) electrons. The van der Waals surface area contributed by atoms with E-state index in [-0.39, 0.29) is 10.6 Å². The van der Waals surface area contributed by atoms with Gasteiger partial charge in [0.15, 0.2) is 0 Å². The van der Waals surface area contributed by atoms with Crippen molar-refractivity contribution in [3.05, 3.63) is 57.9 Å². The Kier molecular flexibility index (Phi) is 4.43. The molecule has 23 heavy (non-hydrogen) atoms. The van der Waals surface area contributed by atoms with Crippen LogP contribution in [0.25, 0.3) is 0 Å². The van der Waals surface area contributed by atoms with Gasteiger partial charge in [-0.2, -0.15) is 5.10 Å². The van der Waals surface area contributed by atoms with Crippen molar-refractivity contribution in [3.8, 4) is 0 Å². The fraction of sp³-hybridized carbons (Fsp3) is 0.471. The number of hydrogen-bond acceptors (Lipinski definition) is 4. The maximum Gasteiger partial charge on any atom is 0.273 e. The molecule has 0 amide bonds. The molecule has 0 saturated heterocycles. The average molecular weight is 314 g/mol. The highest BCUT2D eigenvalue weighted by Gasteiger charge is 2.30. The first-order valence-corrected chi connectivity index (χ1v) is 8.05. The molecule has 3 rings (SSSR count). The first kappa shape index (κ1) is 15.7. The second kappa shape index (κ2) is 6.50. The van der Waals surface area contributed by atoms with E-state index in [9.17, 15) is 10.1 Å². The zero-order valence-electron chi connectivity index (χ0n) is 13.6. The minimum Gasteiger partial charge on any atom is -0.290 e. The number of hydrogen-bond donors (Lipinski definition) is 0. The quantitative estimate of drug-likeness (QED) is 0.579. The Hall–Kier alpha value is -2.21. The van der Waals surface area contributed by atoms with Crippen LogP contribution in [-0.2, 0) is 13.1 Å². The number of nitro benzene ring substituents is 1. The van der Waals surface area contributed by atoms with Crippen LogP contribution in [-0.4, -0.2) is 25.6 Å². The number of benzene rings is 1. The van der Waals surface area contributed by atoms with E-state index in [0.717, 1.165) is 30.6 Å². The van der Waals surface area contributed by atoms with Crippen molar-refractivity contribution in [2.45, 2.75) is 51.9 Å². The third kappa shape index (κ3) is 3.76. The minimum atomic E-state index is -0.298. The molecule has 0 atom stereocenters. The van der Waals surface area contributed by atoms with Gasteiger partial charge in [-0.3, -0.25) is 19.7 Å². The van der Waals surface area contributed by atoms with Gasteiger partial charge >= 0.3 is 0 Å². The Balaban J connectivity index is 1.76. The van der Waals surface area contributed by atoms with Gasteiger partial charge in [-0.25, -0.2) is 0 Å². The van der Waals surface area contributed by atoms with Gasteiger partial charge in [0.1, 0.15) is 0 Å². The molecule has 122 valence electrons. The molecule has 0 bridgehead atoms. The molecule has 1 heterocycles. The third-order valence-electron chi connectivity index (χ3n) is 4.18. The molecule has 1 aromatic heterocycles. The largest absolute Gasteiger partial charge is 0.290 e. The first-order valence-electron chi connectivity index (χ1n) is 8.05. The average Bonchev–Trinajstić information content (AvgIpc) is 3.26. The summed E-state index contributed by atoms with van der Waals surface area (Å²) in [5.74, 6) is 0. The van der Waals surface area contributed by atoms with Gasteiger partial charge in [-0.1, -0.05) is 18.2 Å². The van der Waals surface area contributed by atoms with E-state index >= 15 is 0 Å². The molecule has 1 fully saturated rings. The normalized spacial score (nSPS) is 14.6. The van der Waals surface area contributed by atoms with Crippen molar-refractivity contribution in [2.75, 3.05) is 0 Å². The summed E-state index contributed by atoms with van der Waals surface area (Å²) in [6.07, 6.45) is 4.31. The molecule has 0 unspecified atom stereocenters. The summed E-state index contributed by atoms with van der Waals surface area (Å²) in [6, 6.07) is 9.89. The van der Waals surface area contributed by atoms with E-state index in [2.05, 4.69) is 23.8 Å². The van der Waals surface area contributed by atoms with Crippen LogP contribution in [0.3, 0.4) is 0 Å². The zero-order chi connectivity index (χ0) is 16.4. The first-order chi connectivity index (χ1) is 11.0. The fourth-order valence-corrected chi connectivity index (χ4v) is 2.75. The van der Waals surface area contributed by atoms with Crippen LogP contribution in [0.2, 0.25) is 0 Å². The summed E-state index contributed by atoms with van der Waals surface area (Å²) in [4.78, 5) is 13.2. The fourth-order valence-electron chi connectivity index (χ4n) is 2.75. The lowest BCUT2D eigenvalue weighted by Crippen LogP contribution is -2.25. The summed E-state index contributed by atoms with van der Waals surface area (Å²) in [5.41, 5.74) is 1.99. The summed E-state index contributed by atoms with van der Waals surface area (Å²) in [6.45, 7) is 5.53. The minimum absolute atomic E-state index is 0.200. The Labute approximate surface area is 135 Å². The van der Waals surface area contributed by atoms with Crippen LogP contribution in [0.4, 0.5) is 5.69 Å². The lowest BCUT2D eigenvalue weighted by molar-refractivity contribution is -0.385. The molecule has 0 aliphatic heterocycles. The SMILES string of the molecule is CC(C)n1ccc(CN(Cc2ccccc2[N+](=O)[O-])C2CC2)n1. The van der Waals surface area contributed by atoms with E-state index < -0.39 is 0 Å².